The minimum absolute atomic E-state index is 0.0608. The van der Waals surface area contributed by atoms with E-state index in [0.717, 1.165) is 0 Å². The number of methoxy groups -OCH3 is 2. The third kappa shape index (κ3) is 2.74. The van der Waals surface area contributed by atoms with Crippen LogP contribution >= 0.6 is 0 Å². The van der Waals surface area contributed by atoms with Crippen molar-refractivity contribution in [2.45, 2.75) is 10.9 Å². The summed E-state index contributed by atoms with van der Waals surface area (Å²) in [6.45, 7) is 0.0608. The van der Waals surface area contributed by atoms with Crippen LogP contribution in [0.1, 0.15) is 11.6 Å². The Bertz CT molecular complexity index is 851. The Morgan fingerprint density at radius 2 is 1.92 bits per heavy atom. The molecule has 0 bridgehead atoms. The number of sulfonamides is 1. The van der Waals surface area contributed by atoms with Crippen LogP contribution < -0.4 is 18.9 Å². The maximum Gasteiger partial charge on any atom is 0.241 e. The SMILES string of the molecule is COc1cc2c(c(O)c1OC)C(NS(=O)(=O)c1ccccc1)CO2. The molecule has 24 heavy (non-hydrogen) atoms. The van der Waals surface area contributed by atoms with Crippen molar-refractivity contribution in [1.82, 2.24) is 4.72 Å². The number of ether oxygens (including phenoxy) is 3. The molecule has 128 valence electrons. The summed E-state index contributed by atoms with van der Waals surface area (Å²) in [6.07, 6.45) is 0. The van der Waals surface area contributed by atoms with Gasteiger partial charge in [0.25, 0.3) is 0 Å². The van der Waals surface area contributed by atoms with Gasteiger partial charge in [-0.25, -0.2) is 8.42 Å². The molecule has 0 radical (unpaired) electrons. The Morgan fingerprint density at radius 1 is 1.21 bits per heavy atom. The Balaban J connectivity index is 1.98. The average Bonchev–Trinajstić information content (AvgIpc) is 2.97. The molecule has 7 nitrogen and oxygen atoms in total. The van der Waals surface area contributed by atoms with Crippen molar-refractivity contribution in [2.24, 2.45) is 0 Å². The van der Waals surface area contributed by atoms with Crippen molar-refractivity contribution in [1.29, 1.82) is 0 Å². The Kier molecular flexibility index (Phi) is 4.25. The maximum atomic E-state index is 12.5. The molecule has 0 saturated carbocycles. The highest BCUT2D eigenvalue weighted by molar-refractivity contribution is 7.89. The highest BCUT2D eigenvalue weighted by Gasteiger charge is 2.34. The zero-order valence-corrected chi connectivity index (χ0v) is 14.0. The monoisotopic (exact) mass is 351 g/mol. The molecule has 1 aliphatic heterocycles. The van der Waals surface area contributed by atoms with Gasteiger partial charge in [0.05, 0.1) is 30.7 Å². The van der Waals surface area contributed by atoms with Gasteiger partial charge in [0, 0.05) is 6.07 Å². The molecule has 0 spiro atoms. The molecule has 1 unspecified atom stereocenters. The van der Waals surface area contributed by atoms with Gasteiger partial charge in [0.2, 0.25) is 15.8 Å². The summed E-state index contributed by atoms with van der Waals surface area (Å²) >= 11 is 0. The molecule has 1 aliphatic rings. The molecule has 1 heterocycles. The fourth-order valence-corrected chi connectivity index (χ4v) is 3.84. The predicted molar refractivity (Wildman–Crippen MR) is 86.2 cm³/mol. The Hall–Kier alpha value is -2.45. The lowest BCUT2D eigenvalue weighted by Gasteiger charge is -2.16. The molecule has 3 rings (SSSR count). The number of benzene rings is 2. The van der Waals surface area contributed by atoms with Crippen LogP contribution in [0.15, 0.2) is 41.3 Å². The molecule has 2 aromatic carbocycles. The molecular formula is C16H17NO6S. The van der Waals surface area contributed by atoms with Crippen LogP contribution in [0.25, 0.3) is 0 Å². The molecule has 0 fully saturated rings. The second-order valence-electron chi connectivity index (χ2n) is 5.17. The first-order valence-corrected chi connectivity index (χ1v) is 8.64. The van der Waals surface area contributed by atoms with Crippen molar-refractivity contribution in [3.8, 4) is 23.0 Å². The highest BCUT2D eigenvalue weighted by Crippen LogP contribution is 2.49. The zero-order chi connectivity index (χ0) is 17.3. The maximum absolute atomic E-state index is 12.5. The Morgan fingerprint density at radius 3 is 2.54 bits per heavy atom. The second kappa shape index (κ2) is 6.21. The van der Waals surface area contributed by atoms with Crippen molar-refractivity contribution in [3.05, 3.63) is 42.0 Å². The second-order valence-corrected chi connectivity index (χ2v) is 6.88. The van der Waals surface area contributed by atoms with Gasteiger partial charge in [-0.2, -0.15) is 4.72 Å². The molecule has 1 atom stereocenters. The van der Waals surface area contributed by atoms with Gasteiger partial charge in [-0.05, 0) is 12.1 Å². The van der Waals surface area contributed by atoms with E-state index in [4.69, 9.17) is 14.2 Å². The standard InChI is InChI=1S/C16H17NO6S/c1-21-13-8-12-14(15(18)16(13)22-2)11(9-23-12)17-24(19,20)10-6-4-3-5-7-10/h3-8,11,17-18H,9H2,1-2H3. The number of nitrogens with one attached hydrogen (secondary N) is 1. The first kappa shape index (κ1) is 16.4. The lowest BCUT2D eigenvalue weighted by molar-refractivity contribution is 0.320. The van der Waals surface area contributed by atoms with Gasteiger partial charge in [0.15, 0.2) is 11.5 Å². The van der Waals surface area contributed by atoms with E-state index in [1.807, 2.05) is 0 Å². The summed E-state index contributed by atoms with van der Waals surface area (Å²) in [5.74, 6) is 0.585. The van der Waals surface area contributed by atoms with Gasteiger partial charge in [0.1, 0.15) is 12.4 Å². The summed E-state index contributed by atoms with van der Waals surface area (Å²) in [6, 6.07) is 8.82. The fraction of sp³-hybridized carbons (Fsp3) is 0.250. The van der Waals surface area contributed by atoms with E-state index < -0.39 is 16.1 Å². The normalized spacial score (nSPS) is 16.3. The van der Waals surface area contributed by atoms with E-state index in [9.17, 15) is 13.5 Å². The lowest BCUT2D eigenvalue weighted by atomic mass is 10.1. The van der Waals surface area contributed by atoms with Gasteiger partial charge in [-0.15, -0.1) is 0 Å². The number of fused-ring (bicyclic) bond motifs is 1. The van der Waals surface area contributed by atoms with Crippen LogP contribution in [0.3, 0.4) is 0 Å². The summed E-state index contributed by atoms with van der Waals surface area (Å²) in [5.41, 5.74) is 0.326. The minimum Gasteiger partial charge on any atom is -0.504 e. The molecular weight excluding hydrogens is 334 g/mol. The molecule has 0 amide bonds. The van der Waals surface area contributed by atoms with E-state index in [0.29, 0.717) is 17.1 Å². The average molecular weight is 351 g/mol. The van der Waals surface area contributed by atoms with E-state index in [1.54, 1.807) is 24.3 Å². The molecule has 0 aliphatic carbocycles. The number of hydrogen-bond donors (Lipinski definition) is 2. The number of rotatable bonds is 5. The minimum atomic E-state index is -3.75. The van der Waals surface area contributed by atoms with E-state index in [-0.39, 0.29) is 23.0 Å². The largest absolute Gasteiger partial charge is 0.504 e. The third-order valence-electron chi connectivity index (χ3n) is 3.75. The van der Waals surface area contributed by atoms with Crippen molar-refractivity contribution in [3.63, 3.8) is 0 Å². The fourth-order valence-electron chi connectivity index (χ4n) is 2.63. The number of aromatic hydroxyl groups is 1. The quantitative estimate of drug-likeness (QED) is 0.853. The van der Waals surface area contributed by atoms with Crippen LogP contribution in [0.2, 0.25) is 0 Å². The van der Waals surface area contributed by atoms with Crippen LogP contribution in [0, 0.1) is 0 Å². The van der Waals surface area contributed by atoms with Gasteiger partial charge < -0.3 is 19.3 Å². The van der Waals surface area contributed by atoms with Crippen molar-refractivity contribution >= 4 is 10.0 Å². The summed E-state index contributed by atoms with van der Waals surface area (Å²) in [7, 11) is -0.921. The number of phenolic OH excluding ortho intramolecular Hbond substituents is 1. The van der Waals surface area contributed by atoms with Crippen molar-refractivity contribution < 1.29 is 27.7 Å². The van der Waals surface area contributed by atoms with E-state index in [1.165, 1.54) is 26.4 Å². The third-order valence-corrected chi connectivity index (χ3v) is 5.24. The Labute approximate surface area is 139 Å². The van der Waals surface area contributed by atoms with Crippen molar-refractivity contribution in [2.75, 3.05) is 20.8 Å². The smallest absolute Gasteiger partial charge is 0.241 e. The highest BCUT2D eigenvalue weighted by atomic mass is 32.2. The van der Waals surface area contributed by atoms with Gasteiger partial charge in [-0.3, -0.25) is 0 Å². The van der Waals surface area contributed by atoms with Gasteiger partial charge in [-0.1, -0.05) is 18.2 Å². The van der Waals surface area contributed by atoms with E-state index in [2.05, 4.69) is 4.72 Å². The topological polar surface area (TPSA) is 94.1 Å². The van der Waals surface area contributed by atoms with Crippen LogP contribution in [-0.4, -0.2) is 34.4 Å². The van der Waals surface area contributed by atoms with Gasteiger partial charge >= 0.3 is 0 Å². The molecule has 0 aromatic heterocycles. The number of hydrogen-bond acceptors (Lipinski definition) is 6. The summed E-state index contributed by atoms with van der Waals surface area (Å²) < 4.78 is 43.3. The molecule has 0 saturated heterocycles. The first-order chi connectivity index (χ1) is 11.5. The van der Waals surface area contributed by atoms with Crippen LogP contribution in [0.4, 0.5) is 0 Å². The summed E-state index contributed by atoms with van der Waals surface area (Å²) in [4.78, 5) is 0.137. The van der Waals surface area contributed by atoms with E-state index >= 15 is 0 Å². The predicted octanol–water partition coefficient (Wildman–Crippen LogP) is 1.82. The zero-order valence-electron chi connectivity index (χ0n) is 13.1. The van der Waals surface area contributed by atoms with Crippen LogP contribution in [-0.2, 0) is 10.0 Å². The molecule has 2 aromatic rings. The molecule has 2 N–H and O–H groups in total. The van der Waals surface area contributed by atoms with Crippen LogP contribution in [0.5, 0.6) is 23.0 Å². The molecule has 8 heteroatoms. The lowest BCUT2D eigenvalue weighted by Crippen LogP contribution is -2.29. The first-order valence-electron chi connectivity index (χ1n) is 7.16. The number of phenols is 1. The summed E-state index contributed by atoms with van der Waals surface area (Å²) in [5, 5.41) is 10.4.